The minimum atomic E-state index is -0.521. The summed E-state index contributed by atoms with van der Waals surface area (Å²) in [6.07, 6.45) is 5.96. The van der Waals surface area contributed by atoms with E-state index in [-0.39, 0.29) is 18.2 Å². The first-order chi connectivity index (χ1) is 18.6. The lowest BCUT2D eigenvalue weighted by Gasteiger charge is -2.33. The summed E-state index contributed by atoms with van der Waals surface area (Å²) in [4.78, 5) is 18.6. The summed E-state index contributed by atoms with van der Waals surface area (Å²) < 4.78 is 15.4. The fourth-order valence-electron chi connectivity index (χ4n) is 4.83. The van der Waals surface area contributed by atoms with Crippen LogP contribution in [-0.4, -0.2) is 59.3 Å². The number of nitrogens with zero attached hydrogens (tertiary/aromatic N) is 8. The summed E-state index contributed by atoms with van der Waals surface area (Å²) in [5, 5.41) is 23.0. The molecule has 4 aromatic rings. The van der Waals surface area contributed by atoms with E-state index in [4.69, 9.17) is 9.47 Å². The molecule has 5 rings (SSSR count). The second kappa shape index (κ2) is 10.4. The van der Waals surface area contributed by atoms with E-state index in [0.717, 1.165) is 29.8 Å². The Hall–Kier alpha value is -4.46. The summed E-state index contributed by atoms with van der Waals surface area (Å²) in [5.41, 5.74) is 3.64. The van der Waals surface area contributed by atoms with Crippen LogP contribution in [-0.2, 0) is 4.74 Å². The maximum Gasteiger partial charge on any atom is 0.410 e. The number of amides is 1. The van der Waals surface area contributed by atoms with Crippen LogP contribution in [0.5, 0.6) is 5.75 Å². The van der Waals surface area contributed by atoms with Crippen LogP contribution in [0.3, 0.4) is 0 Å². The number of fused-ring (bicyclic) bond motifs is 1. The van der Waals surface area contributed by atoms with E-state index in [1.807, 2.05) is 69.8 Å². The summed E-state index contributed by atoms with van der Waals surface area (Å²) in [6, 6.07) is 9.85. The van der Waals surface area contributed by atoms with Crippen molar-refractivity contribution in [2.24, 2.45) is 0 Å². The molecule has 11 heteroatoms. The first kappa shape index (κ1) is 26.2. The highest BCUT2D eigenvalue weighted by Crippen LogP contribution is 2.34. The molecule has 0 aliphatic carbocycles. The van der Waals surface area contributed by atoms with Crippen LogP contribution in [0.15, 0.2) is 42.9 Å². The number of piperidine rings is 1. The molecule has 0 saturated carbocycles. The highest BCUT2D eigenvalue weighted by atomic mass is 16.6. The van der Waals surface area contributed by atoms with Crippen LogP contribution < -0.4 is 4.74 Å². The van der Waals surface area contributed by atoms with Gasteiger partial charge in [0.15, 0.2) is 0 Å². The van der Waals surface area contributed by atoms with Crippen molar-refractivity contribution in [1.29, 1.82) is 5.26 Å². The van der Waals surface area contributed by atoms with Crippen molar-refractivity contribution in [3.63, 3.8) is 0 Å². The van der Waals surface area contributed by atoms with Crippen molar-refractivity contribution in [1.82, 2.24) is 34.5 Å². The zero-order chi connectivity index (χ0) is 27.7. The molecule has 0 N–H and O–H groups in total. The Kier molecular flexibility index (Phi) is 6.95. The van der Waals surface area contributed by atoms with Gasteiger partial charge in [-0.2, -0.15) is 10.4 Å². The lowest BCUT2D eigenvalue weighted by Crippen LogP contribution is -2.42. The third-order valence-electron chi connectivity index (χ3n) is 6.77. The number of aromatic nitrogens is 6. The Morgan fingerprint density at radius 2 is 2.00 bits per heavy atom. The number of nitriles is 1. The molecule has 1 aliphatic heterocycles. The van der Waals surface area contributed by atoms with Crippen molar-refractivity contribution in [2.45, 2.75) is 65.2 Å². The minimum absolute atomic E-state index is 0.114. The molecule has 1 aliphatic rings. The first-order valence-electron chi connectivity index (χ1n) is 13.0. The standard InChI is InChI=1S/C28H32N8O3/c1-18-25(32-33-36(18)22-9-12-34(13-10-22)27(37)39-28(3,4)5)20-14-24(26-21(15-29)16-31-35(26)17-20)38-19(2)23-8-6-7-11-30-23/h6-8,11,14,16-17,19,22H,9-10,12-13H2,1-5H3/t19-/m1/s1. The highest BCUT2D eigenvalue weighted by Gasteiger charge is 2.29. The Balaban J connectivity index is 1.41. The lowest BCUT2D eigenvalue weighted by atomic mass is 10.0. The van der Waals surface area contributed by atoms with Gasteiger partial charge in [-0.25, -0.2) is 14.0 Å². The van der Waals surface area contributed by atoms with Gasteiger partial charge in [0.05, 0.1) is 23.6 Å². The molecule has 202 valence electrons. The molecule has 1 atom stereocenters. The van der Waals surface area contributed by atoms with E-state index in [2.05, 4.69) is 26.5 Å². The van der Waals surface area contributed by atoms with E-state index in [1.54, 1.807) is 15.6 Å². The topological polar surface area (TPSA) is 123 Å². The van der Waals surface area contributed by atoms with Crippen molar-refractivity contribution < 1.29 is 14.3 Å². The highest BCUT2D eigenvalue weighted by molar-refractivity contribution is 5.75. The number of carbonyl (C=O) groups excluding carboxylic acids is 1. The van der Waals surface area contributed by atoms with E-state index in [9.17, 15) is 10.1 Å². The summed E-state index contributed by atoms with van der Waals surface area (Å²) >= 11 is 0. The third kappa shape index (κ3) is 5.41. The van der Waals surface area contributed by atoms with E-state index < -0.39 is 5.60 Å². The van der Waals surface area contributed by atoms with Crippen LogP contribution in [0.25, 0.3) is 16.8 Å². The van der Waals surface area contributed by atoms with Crippen LogP contribution >= 0.6 is 0 Å². The molecule has 0 unspecified atom stereocenters. The van der Waals surface area contributed by atoms with Gasteiger partial charge in [0.25, 0.3) is 0 Å². The number of hydrogen-bond donors (Lipinski definition) is 0. The number of likely N-dealkylation sites (tertiary alicyclic amines) is 1. The summed E-state index contributed by atoms with van der Waals surface area (Å²) in [6.45, 7) is 10.7. The summed E-state index contributed by atoms with van der Waals surface area (Å²) in [7, 11) is 0. The number of ether oxygens (including phenoxy) is 2. The largest absolute Gasteiger partial charge is 0.482 e. The number of carbonyl (C=O) groups is 1. The smallest absolute Gasteiger partial charge is 0.410 e. The molecule has 11 nitrogen and oxygen atoms in total. The molecule has 1 saturated heterocycles. The second-order valence-corrected chi connectivity index (χ2v) is 10.7. The second-order valence-electron chi connectivity index (χ2n) is 10.7. The van der Waals surface area contributed by atoms with Crippen LogP contribution in [0, 0.1) is 18.3 Å². The number of pyridine rings is 2. The molecule has 0 bridgehead atoms. The van der Waals surface area contributed by atoms with Gasteiger partial charge in [-0.05, 0) is 65.7 Å². The van der Waals surface area contributed by atoms with Crippen LogP contribution in [0.2, 0.25) is 0 Å². The average Bonchev–Trinajstić information content (AvgIpc) is 3.51. The molecular weight excluding hydrogens is 496 g/mol. The van der Waals surface area contributed by atoms with Gasteiger partial charge in [0, 0.05) is 31.0 Å². The zero-order valence-corrected chi connectivity index (χ0v) is 22.8. The van der Waals surface area contributed by atoms with Gasteiger partial charge >= 0.3 is 6.09 Å². The Morgan fingerprint density at radius 1 is 1.23 bits per heavy atom. The van der Waals surface area contributed by atoms with Crippen molar-refractivity contribution >= 4 is 11.6 Å². The van der Waals surface area contributed by atoms with Gasteiger partial charge in [0.2, 0.25) is 0 Å². The third-order valence-corrected chi connectivity index (χ3v) is 6.77. The average molecular weight is 529 g/mol. The Bertz CT molecular complexity index is 1520. The SMILES string of the molecule is Cc1c(-c2cc(O[C@H](C)c3ccccn3)c3c(C#N)cnn3c2)nnn1C1CCN(C(=O)OC(C)(C)C)CC1. The molecular formula is C28H32N8O3. The molecule has 4 aromatic heterocycles. The molecule has 0 radical (unpaired) electrons. The number of hydrogen-bond acceptors (Lipinski definition) is 8. The Labute approximate surface area is 227 Å². The molecule has 1 amide bonds. The predicted molar refractivity (Wildman–Crippen MR) is 143 cm³/mol. The van der Waals surface area contributed by atoms with Crippen molar-refractivity contribution in [3.8, 4) is 23.1 Å². The van der Waals surface area contributed by atoms with Crippen LogP contribution in [0.4, 0.5) is 4.79 Å². The van der Waals surface area contributed by atoms with Gasteiger partial charge in [-0.1, -0.05) is 11.3 Å². The van der Waals surface area contributed by atoms with Crippen molar-refractivity contribution in [3.05, 3.63) is 59.8 Å². The van der Waals surface area contributed by atoms with Gasteiger partial charge in [-0.15, -0.1) is 5.10 Å². The van der Waals surface area contributed by atoms with Crippen LogP contribution in [0.1, 0.15) is 69.6 Å². The molecule has 0 spiro atoms. The van der Waals surface area contributed by atoms with Crippen molar-refractivity contribution in [2.75, 3.05) is 13.1 Å². The van der Waals surface area contributed by atoms with E-state index in [0.29, 0.717) is 35.6 Å². The molecule has 5 heterocycles. The maximum atomic E-state index is 12.5. The molecule has 39 heavy (non-hydrogen) atoms. The fraction of sp³-hybridized carbons (Fsp3) is 0.429. The summed E-state index contributed by atoms with van der Waals surface area (Å²) in [5.74, 6) is 0.513. The fourth-order valence-corrected chi connectivity index (χ4v) is 4.83. The maximum absolute atomic E-state index is 12.5. The first-order valence-corrected chi connectivity index (χ1v) is 13.0. The molecule has 1 fully saturated rings. The normalized spacial score (nSPS) is 15.2. The lowest BCUT2D eigenvalue weighted by molar-refractivity contribution is 0.0184. The van der Waals surface area contributed by atoms with Gasteiger partial charge < -0.3 is 14.4 Å². The van der Waals surface area contributed by atoms with E-state index >= 15 is 0 Å². The van der Waals surface area contributed by atoms with E-state index in [1.165, 1.54) is 6.20 Å². The zero-order valence-electron chi connectivity index (χ0n) is 22.8. The minimum Gasteiger partial charge on any atom is -0.482 e. The van der Waals surface area contributed by atoms with Gasteiger partial charge in [0.1, 0.15) is 40.3 Å². The quantitative estimate of drug-likeness (QED) is 0.359. The monoisotopic (exact) mass is 528 g/mol. The predicted octanol–water partition coefficient (Wildman–Crippen LogP) is 4.88. The Morgan fingerprint density at radius 3 is 2.67 bits per heavy atom. The molecule has 0 aromatic carbocycles. The van der Waals surface area contributed by atoms with Gasteiger partial charge in [-0.3, -0.25) is 4.98 Å². The number of rotatable bonds is 5.